The lowest BCUT2D eigenvalue weighted by molar-refractivity contribution is -0.181. The van der Waals surface area contributed by atoms with Gasteiger partial charge in [-0.1, -0.05) is 6.07 Å². The van der Waals surface area contributed by atoms with Gasteiger partial charge in [0.2, 0.25) is 11.8 Å². The number of rotatable bonds is 8. The van der Waals surface area contributed by atoms with Gasteiger partial charge in [-0.2, -0.15) is 0 Å². The van der Waals surface area contributed by atoms with Crippen LogP contribution in [-0.4, -0.2) is 109 Å². The van der Waals surface area contributed by atoms with Crippen molar-refractivity contribution in [1.29, 1.82) is 0 Å². The number of pyridine rings is 1. The first-order valence-corrected chi connectivity index (χ1v) is 12.1. The molecule has 3 heterocycles. The van der Waals surface area contributed by atoms with E-state index in [1.165, 1.54) is 0 Å². The first-order chi connectivity index (χ1) is 15.9. The number of carbonyl (C=O) groups is 1. The molecule has 33 heavy (non-hydrogen) atoms. The fraction of sp³-hybridized carbons (Fsp3) is 0.750. The third-order valence-electron chi connectivity index (χ3n) is 7.07. The molecule has 0 aromatic carbocycles. The average molecular weight is 463 g/mol. The second-order valence-electron chi connectivity index (χ2n) is 9.85. The number of ether oxygens (including phenoxy) is 3. The van der Waals surface area contributed by atoms with E-state index < -0.39 is 5.60 Å². The van der Waals surface area contributed by atoms with Gasteiger partial charge in [-0.25, -0.2) is 4.98 Å². The number of aromatic nitrogens is 1. The van der Waals surface area contributed by atoms with E-state index in [0.717, 1.165) is 39.0 Å². The molecule has 0 unspecified atom stereocenters. The van der Waals surface area contributed by atoms with Crippen LogP contribution in [0.1, 0.15) is 26.7 Å². The summed E-state index contributed by atoms with van der Waals surface area (Å²) in [6, 6.07) is 5.58. The molecule has 1 aromatic rings. The van der Waals surface area contributed by atoms with Crippen LogP contribution in [0.15, 0.2) is 24.4 Å². The SMILES string of the molecule is COC[C@H]1C[C@H]2C[C@@H](Oc3ccccn3)[C@H](N3CCN(CC(=O)NC(C)C)CC3)[C@]2(O)CO1. The summed E-state index contributed by atoms with van der Waals surface area (Å²) in [5, 5.41) is 14.8. The molecular weight excluding hydrogens is 424 g/mol. The van der Waals surface area contributed by atoms with Crippen LogP contribution in [0.3, 0.4) is 0 Å². The number of hydrogen-bond donors (Lipinski definition) is 2. The molecule has 0 radical (unpaired) electrons. The average Bonchev–Trinajstić information content (AvgIpc) is 3.06. The van der Waals surface area contributed by atoms with Crippen LogP contribution in [-0.2, 0) is 14.3 Å². The Labute approximate surface area is 196 Å². The quantitative estimate of drug-likeness (QED) is 0.578. The maximum Gasteiger partial charge on any atom is 0.234 e. The minimum absolute atomic E-state index is 0.00848. The van der Waals surface area contributed by atoms with Gasteiger partial charge in [0.1, 0.15) is 11.7 Å². The zero-order chi connectivity index (χ0) is 23.4. The van der Waals surface area contributed by atoms with Crippen molar-refractivity contribution in [2.75, 3.05) is 53.0 Å². The predicted molar refractivity (Wildman–Crippen MR) is 123 cm³/mol. The standard InChI is InChI=1S/C24H38N4O5/c1-17(2)26-21(29)14-27-8-10-28(11-9-27)23-20(33-22-6-4-5-7-25-22)13-18-12-19(15-31-3)32-16-24(18,23)30/h4-7,17-20,23,30H,8-16H2,1-3H3,(H,26,29)/t18-,19+,20+,23-,24-/m0/s1. The normalized spacial score (nSPS) is 33.1. The largest absolute Gasteiger partial charge is 0.473 e. The molecule has 0 spiro atoms. The molecule has 0 bridgehead atoms. The van der Waals surface area contributed by atoms with Gasteiger partial charge in [-0.15, -0.1) is 0 Å². The second-order valence-corrected chi connectivity index (χ2v) is 9.85. The smallest absolute Gasteiger partial charge is 0.234 e. The third-order valence-corrected chi connectivity index (χ3v) is 7.07. The lowest BCUT2D eigenvalue weighted by Gasteiger charge is -2.47. The summed E-state index contributed by atoms with van der Waals surface area (Å²) in [5.74, 6) is 0.701. The lowest BCUT2D eigenvalue weighted by atomic mass is 9.82. The van der Waals surface area contributed by atoms with Gasteiger partial charge in [0.15, 0.2) is 0 Å². The van der Waals surface area contributed by atoms with E-state index in [1.54, 1.807) is 13.3 Å². The van der Waals surface area contributed by atoms with Crippen molar-refractivity contribution in [2.45, 2.75) is 56.6 Å². The van der Waals surface area contributed by atoms with Gasteiger partial charge in [0.05, 0.1) is 31.9 Å². The molecule has 3 fully saturated rings. The zero-order valence-electron chi connectivity index (χ0n) is 20.0. The molecule has 9 nitrogen and oxygen atoms in total. The van der Waals surface area contributed by atoms with Gasteiger partial charge < -0.3 is 24.6 Å². The number of methoxy groups -OCH3 is 1. The Morgan fingerprint density at radius 1 is 1.30 bits per heavy atom. The molecule has 1 aliphatic carbocycles. The molecule has 2 N–H and O–H groups in total. The molecule has 9 heteroatoms. The fourth-order valence-electron chi connectivity index (χ4n) is 5.63. The molecule has 4 rings (SSSR count). The second kappa shape index (κ2) is 10.7. The number of carbonyl (C=O) groups excluding carboxylic acids is 1. The first kappa shape index (κ1) is 24.3. The van der Waals surface area contributed by atoms with Crippen LogP contribution in [0, 0.1) is 5.92 Å². The van der Waals surface area contributed by atoms with Crippen LogP contribution >= 0.6 is 0 Å². The number of amides is 1. The number of nitrogens with one attached hydrogen (secondary N) is 1. The fourth-order valence-corrected chi connectivity index (χ4v) is 5.63. The molecule has 3 aliphatic rings. The van der Waals surface area contributed by atoms with Crippen molar-refractivity contribution in [3.05, 3.63) is 24.4 Å². The molecule has 1 aromatic heterocycles. The van der Waals surface area contributed by atoms with E-state index in [0.29, 0.717) is 19.0 Å². The van der Waals surface area contributed by atoms with E-state index in [9.17, 15) is 9.90 Å². The maximum atomic E-state index is 12.2. The van der Waals surface area contributed by atoms with Gasteiger partial charge in [0, 0.05) is 51.6 Å². The number of aliphatic hydroxyl groups is 1. The van der Waals surface area contributed by atoms with Crippen molar-refractivity contribution >= 4 is 5.91 Å². The topological polar surface area (TPSA) is 96.4 Å². The number of hydrogen-bond acceptors (Lipinski definition) is 8. The molecular formula is C24H38N4O5. The molecule has 184 valence electrons. The Morgan fingerprint density at radius 2 is 2.09 bits per heavy atom. The van der Waals surface area contributed by atoms with Crippen molar-refractivity contribution < 1.29 is 24.1 Å². The Kier molecular flexibility index (Phi) is 7.86. The molecule has 2 saturated heterocycles. The maximum absolute atomic E-state index is 12.2. The van der Waals surface area contributed by atoms with Crippen LogP contribution in [0.2, 0.25) is 0 Å². The Balaban J connectivity index is 1.45. The molecule has 5 atom stereocenters. The van der Waals surface area contributed by atoms with Gasteiger partial charge in [-0.3, -0.25) is 14.6 Å². The van der Waals surface area contributed by atoms with E-state index in [4.69, 9.17) is 14.2 Å². The highest BCUT2D eigenvalue weighted by atomic mass is 16.5. The summed E-state index contributed by atoms with van der Waals surface area (Å²) in [5.41, 5.74) is -0.985. The number of piperazine rings is 1. The molecule has 1 amide bonds. The molecule has 1 saturated carbocycles. The molecule has 2 aliphatic heterocycles. The van der Waals surface area contributed by atoms with Crippen LogP contribution in [0.4, 0.5) is 0 Å². The van der Waals surface area contributed by atoms with Gasteiger partial charge in [0.25, 0.3) is 0 Å². The van der Waals surface area contributed by atoms with Gasteiger partial charge in [-0.05, 0) is 38.7 Å². The van der Waals surface area contributed by atoms with E-state index in [2.05, 4.69) is 20.1 Å². The lowest BCUT2D eigenvalue weighted by Crippen LogP contribution is -2.64. The summed E-state index contributed by atoms with van der Waals surface area (Å²) in [6.45, 7) is 8.21. The van der Waals surface area contributed by atoms with Crippen LogP contribution < -0.4 is 10.1 Å². The van der Waals surface area contributed by atoms with Crippen molar-refractivity contribution in [1.82, 2.24) is 20.1 Å². The van der Waals surface area contributed by atoms with Crippen molar-refractivity contribution in [3.8, 4) is 5.88 Å². The third kappa shape index (κ3) is 5.66. The summed E-state index contributed by atoms with van der Waals surface area (Å²) >= 11 is 0. The summed E-state index contributed by atoms with van der Waals surface area (Å²) in [7, 11) is 1.68. The van der Waals surface area contributed by atoms with Gasteiger partial charge >= 0.3 is 0 Å². The minimum atomic E-state index is -0.985. The summed E-state index contributed by atoms with van der Waals surface area (Å²) < 4.78 is 17.7. The minimum Gasteiger partial charge on any atom is -0.473 e. The van der Waals surface area contributed by atoms with Crippen molar-refractivity contribution in [2.24, 2.45) is 5.92 Å². The predicted octanol–water partition coefficient (Wildman–Crippen LogP) is 0.526. The van der Waals surface area contributed by atoms with E-state index in [1.807, 2.05) is 32.0 Å². The first-order valence-electron chi connectivity index (χ1n) is 12.1. The Bertz CT molecular complexity index is 773. The highest BCUT2D eigenvalue weighted by Gasteiger charge is 2.60. The Morgan fingerprint density at radius 3 is 2.76 bits per heavy atom. The Hall–Kier alpha value is -1.78. The van der Waals surface area contributed by atoms with E-state index >= 15 is 0 Å². The highest BCUT2D eigenvalue weighted by Crippen LogP contribution is 2.46. The number of nitrogens with zero attached hydrogens (tertiary/aromatic N) is 3. The highest BCUT2D eigenvalue weighted by molar-refractivity contribution is 5.78. The van der Waals surface area contributed by atoms with E-state index in [-0.39, 0.29) is 42.7 Å². The zero-order valence-corrected chi connectivity index (χ0v) is 20.0. The van der Waals surface area contributed by atoms with Crippen LogP contribution in [0.25, 0.3) is 0 Å². The monoisotopic (exact) mass is 462 g/mol. The van der Waals surface area contributed by atoms with Crippen LogP contribution in [0.5, 0.6) is 5.88 Å². The summed E-state index contributed by atoms with van der Waals surface area (Å²) in [4.78, 5) is 21.0. The number of fused-ring (bicyclic) bond motifs is 1. The summed E-state index contributed by atoms with van der Waals surface area (Å²) in [6.07, 6.45) is 3.03. The van der Waals surface area contributed by atoms with Crippen molar-refractivity contribution in [3.63, 3.8) is 0 Å².